The summed E-state index contributed by atoms with van der Waals surface area (Å²) >= 11 is 0. The number of carbonyl (C=O) groups is 1. The van der Waals surface area contributed by atoms with Crippen LogP contribution in [0.15, 0.2) is 0 Å². The van der Waals surface area contributed by atoms with Gasteiger partial charge in [0.15, 0.2) is 0 Å². The first-order chi connectivity index (χ1) is 10.6. The Kier molecular flexibility index (Phi) is 7.08. The molecule has 0 aromatic carbocycles. The minimum Gasteiger partial charge on any atom is -0.390 e. The fraction of sp³-hybridized carbons (Fsp3) is 0.938. The van der Waals surface area contributed by atoms with Crippen molar-refractivity contribution >= 4 is 5.91 Å². The number of amides is 1. The van der Waals surface area contributed by atoms with E-state index in [1.165, 1.54) is 12.8 Å². The van der Waals surface area contributed by atoms with Gasteiger partial charge in [-0.2, -0.15) is 0 Å². The van der Waals surface area contributed by atoms with Crippen LogP contribution in [0.1, 0.15) is 26.2 Å². The highest BCUT2D eigenvalue weighted by Crippen LogP contribution is 2.17. The van der Waals surface area contributed by atoms with Crippen LogP contribution in [0.3, 0.4) is 0 Å². The molecule has 128 valence electrons. The van der Waals surface area contributed by atoms with Crippen LogP contribution >= 0.6 is 0 Å². The molecule has 0 bridgehead atoms. The number of rotatable bonds is 6. The quantitative estimate of drug-likeness (QED) is 0.735. The predicted octanol–water partition coefficient (Wildman–Crippen LogP) is 0.247. The van der Waals surface area contributed by atoms with E-state index < -0.39 is 6.10 Å². The smallest absolute Gasteiger partial charge is 0.221 e. The zero-order valence-corrected chi connectivity index (χ0v) is 13.8. The minimum absolute atomic E-state index is 0.0466. The average Bonchev–Trinajstić information content (AvgIpc) is 2.53. The van der Waals surface area contributed by atoms with Crippen molar-refractivity contribution in [2.75, 3.05) is 46.5 Å². The number of methoxy groups -OCH3 is 1. The van der Waals surface area contributed by atoms with E-state index in [-0.39, 0.29) is 17.9 Å². The highest BCUT2D eigenvalue weighted by Gasteiger charge is 2.32. The lowest BCUT2D eigenvalue weighted by Gasteiger charge is -2.34. The Balaban J connectivity index is 1.63. The summed E-state index contributed by atoms with van der Waals surface area (Å²) in [5, 5.41) is 13.1. The number of hydrogen-bond acceptors (Lipinski definition) is 5. The molecule has 0 unspecified atom stereocenters. The summed E-state index contributed by atoms with van der Waals surface area (Å²) in [4.78, 5) is 14.3. The van der Waals surface area contributed by atoms with Gasteiger partial charge in [-0.1, -0.05) is 6.92 Å². The number of ether oxygens (including phenoxy) is 2. The Morgan fingerprint density at radius 3 is 2.77 bits per heavy atom. The van der Waals surface area contributed by atoms with Crippen molar-refractivity contribution in [3.05, 3.63) is 0 Å². The Labute approximate surface area is 133 Å². The normalized spacial score (nSPS) is 31.1. The molecule has 0 spiro atoms. The number of nitrogens with zero attached hydrogens (tertiary/aromatic N) is 1. The number of nitrogens with one attached hydrogen (secondary N) is 1. The van der Waals surface area contributed by atoms with Crippen molar-refractivity contribution in [1.82, 2.24) is 10.2 Å². The van der Waals surface area contributed by atoms with Gasteiger partial charge in [0.25, 0.3) is 0 Å². The summed E-state index contributed by atoms with van der Waals surface area (Å²) < 4.78 is 10.6. The van der Waals surface area contributed by atoms with Gasteiger partial charge in [0.05, 0.1) is 19.3 Å². The minimum atomic E-state index is -0.581. The van der Waals surface area contributed by atoms with Crippen LogP contribution in [0.2, 0.25) is 0 Å². The molecule has 2 heterocycles. The van der Waals surface area contributed by atoms with Crippen molar-refractivity contribution in [2.45, 2.75) is 38.4 Å². The molecule has 0 saturated carbocycles. The van der Waals surface area contributed by atoms with Crippen LogP contribution in [0.5, 0.6) is 0 Å². The van der Waals surface area contributed by atoms with Crippen LogP contribution in [0.25, 0.3) is 0 Å². The van der Waals surface area contributed by atoms with E-state index in [1.807, 2.05) is 0 Å². The molecule has 0 aromatic rings. The van der Waals surface area contributed by atoms with Crippen LogP contribution in [0, 0.1) is 11.8 Å². The Hall–Kier alpha value is -0.690. The maximum absolute atomic E-state index is 12.0. The van der Waals surface area contributed by atoms with Crippen molar-refractivity contribution < 1.29 is 19.4 Å². The molecule has 2 N–H and O–H groups in total. The fourth-order valence-corrected chi connectivity index (χ4v) is 3.10. The monoisotopic (exact) mass is 314 g/mol. The molecule has 6 heteroatoms. The summed E-state index contributed by atoms with van der Waals surface area (Å²) in [6.45, 7) is 6.62. The maximum Gasteiger partial charge on any atom is 0.221 e. The highest BCUT2D eigenvalue weighted by molar-refractivity contribution is 5.76. The molecule has 1 amide bonds. The van der Waals surface area contributed by atoms with Gasteiger partial charge in [0, 0.05) is 32.5 Å². The molecule has 2 aliphatic rings. The summed E-state index contributed by atoms with van der Waals surface area (Å²) in [6, 6.07) is 0. The Morgan fingerprint density at radius 2 is 2.09 bits per heavy atom. The fourth-order valence-electron chi connectivity index (χ4n) is 3.10. The van der Waals surface area contributed by atoms with Gasteiger partial charge in [-0.25, -0.2) is 0 Å². The molecule has 2 rings (SSSR count). The van der Waals surface area contributed by atoms with Gasteiger partial charge in [0.2, 0.25) is 5.91 Å². The van der Waals surface area contributed by atoms with Gasteiger partial charge in [-0.15, -0.1) is 0 Å². The van der Waals surface area contributed by atoms with Crippen LogP contribution in [-0.4, -0.2) is 74.6 Å². The summed E-state index contributed by atoms with van der Waals surface area (Å²) in [6.07, 6.45) is 2.09. The number of hydrogen-bond donors (Lipinski definition) is 2. The third-order valence-electron chi connectivity index (χ3n) is 4.87. The number of aliphatic hydroxyl groups excluding tert-OH is 1. The summed E-state index contributed by atoms with van der Waals surface area (Å²) in [5.74, 6) is 0.760. The lowest BCUT2D eigenvalue weighted by atomic mass is 9.96. The predicted molar refractivity (Wildman–Crippen MR) is 83.6 cm³/mol. The SMILES string of the molecule is CO[C@@H]1COC[C@@H](CNC(=O)CCN2CCC(C)CC2)[C@@H]1O. The molecule has 2 fully saturated rings. The largest absolute Gasteiger partial charge is 0.390 e. The molecule has 0 radical (unpaired) electrons. The van der Waals surface area contributed by atoms with Crippen LogP contribution < -0.4 is 5.32 Å². The molecule has 2 aliphatic heterocycles. The van der Waals surface area contributed by atoms with Gasteiger partial charge in [-0.05, 0) is 31.8 Å². The first-order valence-electron chi connectivity index (χ1n) is 8.37. The molecular formula is C16H30N2O4. The summed E-state index contributed by atoms with van der Waals surface area (Å²) in [5.41, 5.74) is 0. The summed E-state index contributed by atoms with van der Waals surface area (Å²) in [7, 11) is 1.57. The van der Waals surface area contributed by atoms with E-state index in [9.17, 15) is 9.90 Å². The Bertz CT molecular complexity index is 345. The third kappa shape index (κ3) is 5.19. The van der Waals surface area contributed by atoms with E-state index in [2.05, 4.69) is 17.1 Å². The van der Waals surface area contributed by atoms with Crippen molar-refractivity contribution in [1.29, 1.82) is 0 Å². The maximum atomic E-state index is 12.0. The van der Waals surface area contributed by atoms with Crippen molar-refractivity contribution in [2.24, 2.45) is 11.8 Å². The van der Waals surface area contributed by atoms with Gasteiger partial charge in [-0.3, -0.25) is 4.79 Å². The topological polar surface area (TPSA) is 71.0 Å². The van der Waals surface area contributed by atoms with E-state index in [4.69, 9.17) is 9.47 Å². The molecule has 0 aromatic heterocycles. The standard InChI is InChI=1S/C16H30N2O4/c1-12-3-6-18(7-4-12)8-5-15(19)17-9-13-10-22-11-14(21-2)16(13)20/h12-14,16,20H,3-11H2,1-2H3,(H,17,19)/t13-,14-,16+/m1/s1. The van der Waals surface area contributed by atoms with Gasteiger partial charge in [0.1, 0.15) is 6.10 Å². The second kappa shape index (κ2) is 8.82. The van der Waals surface area contributed by atoms with E-state index in [1.54, 1.807) is 7.11 Å². The number of carbonyl (C=O) groups excluding carboxylic acids is 1. The second-order valence-corrected chi connectivity index (χ2v) is 6.64. The van der Waals surface area contributed by atoms with E-state index >= 15 is 0 Å². The molecule has 6 nitrogen and oxygen atoms in total. The zero-order valence-electron chi connectivity index (χ0n) is 13.8. The van der Waals surface area contributed by atoms with Crippen LogP contribution in [-0.2, 0) is 14.3 Å². The van der Waals surface area contributed by atoms with Gasteiger partial charge < -0.3 is 24.8 Å². The lowest BCUT2D eigenvalue weighted by Crippen LogP contribution is -2.49. The second-order valence-electron chi connectivity index (χ2n) is 6.64. The van der Waals surface area contributed by atoms with Gasteiger partial charge >= 0.3 is 0 Å². The lowest BCUT2D eigenvalue weighted by molar-refractivity contribution is -0.136. The zero-order chi connectivity index (χ0) is 15.9. The van der Waals surface area contributed by atoms with Crippen molar-refractivity contribution in [3.8, 4) is 0 Å². The third-order valence-corrected chi connectivity index (χ3v) is 4.87. The molecule has 3 atom stereocenters. The molecular weight excluding hydrogens is 284 g/mol. The number of aliphatic hydroxyl groups is 1. The first kappa shape index (κ1) is 17.7. The first-order valence-corrected chi connectivity index (χ1v) is 8.37. The number of likely N-dealkylation sites (tertiary alicyclic amines) is 1. The van der Waals surface area contributed by atoms with E-state index in [0.29, 0.717) is 26.2 Å². The Morgan fingerprint density at radius 1 is 1.36 bits per heavy atom. The van der Waals surface area contributed by atoms with Crippen LogP contribution in [0.4, 0.5) is 0 Å². The highest BCUT2D eigenvalue weighted by atomic mass is 16.5. The molecule has 0 aliphatic carbocycles. The molecule has 22 heavy (non-hydrogen) atoms. The average molecular weight is 314 g/mol. The van der Waals surface area contributed by atoms with Crippen molar-refractivity contribution in [3.63, 3.8) is 0 Å². The number of piperidine rings is 1. The van der Waals surface area contributed by atoms with E-state index in [0.717, 1.165) is 25.6 Å². The molecule has 2 saturated heterocycles.